The van der Waals surface area contributed by atoms with Gasteiger partial charge in [0, 0.05) is 28.4 Å². The minimum atomic E-state index is -3.84. The number of halogens is 1. The number of aromatic nitrogens is 1. The maximum absolute atomic E-state index is 14.1. The molecule has 164 valence electrons. The maximum Gasteiger partial charge on any atom is 0.244 e. The van der Waals surface area contributed by atoms with Gasteiger partial charge in [0.1, 0.15) is 12.4 Å². The number of para-hydroxylation sites is 1. The van der Waals surface area contributed by atoms with Gasteiger partial charge in [-0.15, -0.1) is 0 Å². The highest BCUT2D eigenvalue weighted by Crippen LogP contribution is 2.29. The van der Waals surface area contributed by atoms with Crippen molar-refractivity contribution in [1.82, 2.24) is 4.57 Å². The molecular weight excluding hydrogens is 427 g/mol. The predicted molar refractivity (Wildman–Crippen MR) is 124 cm³/mol. The zero-order valence-electron chi connectivity index (χ0n) is 17.8. The number of sulfone groups is 1. The van der Waals surface area contributed by atoms with Gasteiger partial charge in [0.15, 0.2) is 9.84 Å². The second-order valence-electron chi connectivity index (χ2n) is 7.78. The van der Waals surface area contributed by atoms with Crippen LogP contribution in [0.4, 0.5) is 10.1 Å². The molecule has 0 aliphatic rings. The fourth-order valence-electron chi connectivity index (χ4n) is 3.72. The first-order valence-corrected chi connectivity index (χ1v) is 11.8. The number of fused-ring (bicyclic) bond motifs is 1. The summed E-state index contributed by atoms with van der Waals surface area (Å²) in [5, 5.41) is 3.40. The van der Waals surface area contributed by atoms with Gasteiger partial charge >= 0.3 is 0 Å². The molecule has 0 fully saturated rings. The molecule has 0 unspecified atom stereocenters. The summed E-state index contributed by atoms with van der Waals surface area (Å²) < 4.78 is 42.0. The van der Waals surface area contributed by atoms with Crippen molar-refractivity contribution in [3.05, 3.63) is 95.4 Å². The topological polar surface area (TPSA) is 68.2 Å². The van der Waals surface area contributed by atoms with Crippen molar-refractivity contribution in [3.8, 4) is 0 Å². The van der Waals surface area contributed by atoms with Crippen LogP contribution in [0.3, 0.4) is 0 Å². The van der Waals surface area contributed by atoms with Crippen LogP contribution in [0.15, 0.2) is 77.8 Å². The van der Waals surface area contributed by atoms with Gasteiger partial charge in [0.25, 0.3) is 0 Å². The Kier molecular flexibility index (Phi) is 5.84. The molecule has 1 aromatic heterocycles. The van der Waals surface area contributed by atoms with Crippen LogP contribution in [0.5, 0.6) is 0 Å². The molecule has 1 amide bonds. The summed E-state index contributed by atoms with van der Waals surface area (Å²) in [5.74, 6) is -1.28. The Morgan fingerprint density at radius 3 is 2.47 bits per heavy atom. The lowest BCUT2D eigenvalue weighted by Crippen LogP contribution is -2.19. The molecule has 1 N–H and O–H groups in total. The number of hydrogen-bond donors (Lipinski definition) is 1. The van der Waals surface area contributed by atoms with E-state index in [0.717, 1.165) is 16.8 Å². The molecule has 4 rings (SSSR count). The second kappa shape index (κ2) is 8.59. The zero-order valence-corrected chi connectivity index (χ0v) is 18.6. The average Bonchev–Trinajstić information content (AvgIpc) is 3.12. The van der Waals surface area contributed by atoms with Gasteiger partial charge in [-0.2, -0.15) is 0 Å². The summed E-state index contributed by atoms with van der Waals surface area (Å²) in [6, 6.07) is 18.5. The van der Waals surface area contributed by atoms with Crippen LogP contribution in [0, 0.1) is 19.7 Å². The van der Waals surface area contributed by atoms with E-state index in [9.17, 15) is 17.6 Å². The maximum atomic E-state index is 14.1. The minimum absolute atomic E-state index is 0.0525. The van der Waals surface area contributed by atoms with Crippen molar-refractivity contribution < 1.29 is 17.6 Å². The standard InChI is InChI=1S/C25H23FN2O3S/c1-17-8-7-12-22(18(17)2)27-25(29)15-28-14-24(20-10-4-6-13-23(20)28)32(30,31)16-19-9-3-5-11-21(19)26/h3-14H,15-16H2,1-2H3,(H,27,29). The predicted octanol–water partition coefficient (Wildman–Crippen LogP) is 5.01. The number of carbonyl (C=O) groups excluding carboxylic acids is 1. The third kappa shape index (κ3) is 4.29. The SMILES string of the molecule is Cc1cccc(NC(=O)Cn2cc(S(=O)(=O)Cc3ccccc3F)c3ccccc32)c1C. The lowest BCUT2D eigenvalue weighted by Gasteiger charge is -2.11. The van der Waals surface area contributed by atoms with Gasteiger partial charge in [-0.1, -0.05) is 48.5 Å². The minimum Gasteiger partial charge on any atom is -0.337 e. The smallest absolute Gasteiger partial charge is 0.244 e. The van der Waals surface area contributed by atoms with Crippen molar-refractivity contribution in [1.29, 1.82) is 0 Å². The average molecular weight is 451 g/mol. The number of benzene rings is 3. The number of aryl methyl sites for hydroxylation is 1. The molecule has 0 atom stereocenters. The van der Waals surface area contributed by atoms with Crippen LogP contribution in [-0.2, 0) is 26.9 Å². The Balaban J connectivity index is 1.66. The number of nitrogens with zero attached hydrogens (tertiary/aromatic N) is 1. The van der Waals surface area contributed by atoms with E-state index in [2.05, 4.69) is 5.32 Å². The van der Waals surface area contributed by atoms with E-state index in [1.54, 1.807) is 34.9 Å². The monoisotopic (exact) mass is 450 g/mol. The largest absolute Gasteiger partial charge is 0.337 e. The van der Waals surface area contributed by atoms with Gasteiger partial charge in [0.2, 0.25) is 5.91 Å². The van der Waals surface area contributed by atoms with Crippen LogP contribution >= 0.6 is 0 Å². The van der Waals surface area contributed by atoms with E-state index < -0.39 is 21.4 Å². The molecule has 4 aromatic rings. The van der Waals surface area contributed by atoms with Crippen molar-refractivity contribution in [2.24, 2.45) is 0 Å². The van der Waals surface area contributed by atoms with Gasteiger partial charge in [0.05, 0.1) is 10.6 Å². The van der Waals surface area contributed by atoms with Crippen LogP contribution < -0.4 is 5.32 Å². The van der Waals surface area contributed by atoms with E-state index in [0.29, 0.717) is 10.9 Å². The first-order valence-electron chi connectivity index (χ1n) is 10.2. The van der Waals surface area contributed by atoms with Crippen LogP contribution in [0.1, 0.15) is 16.7 Å². The van der Waals surface area contributed by atoms with Gasteiger partial charge in [-0.3, -0.25) is 4.79 Å². The van der Waals surface area contributed by atoms with Crippen molar-refractivity contribution in [2.45, 2.75) is 31.0 Å². The summed E-state index contributed by atoms with van der Waals surface area (Å²) in [6.45, 7) is 3.85. The van der Waals surface area contributed by atoms with E-state index in [1.807, 2.05) is 32.0 Å². The number of anilines is 1. The highest BCUT2D eigenvalue weighted by molar-refractivity contribution is 7.90. The zero-order chi connectivity index (χ0) is 22.9. The Morgan fingerprint density at radius 2 is 1.69 bits per heavy atom. The number of amides is 1. The Hall–Kier alpha value is -3.45. The summed E-state index contributed by atoms with van der Waals surface area (Å²) in [6.07, 6.45) is 1.46. The van der Waals surface area contributed by atoms with E-state index in [4.69, 9.17) is 0 Å². The van der Waals surface area contributed by atoms with E-state index >= 15 is 0 Å². The number of nitrogens with one attached hydrogen (secondary N) is 1. The van der Waals surface area contributed by atoms with Gasteiger partial charge in [-0.25, -0.2) is 12.8 Å². The molecule has 1 heterocycles. The molecule has 0 saturated heterocycles. The van der Waals surface area contributed by atoms with E-state index in [1.165, 1.54) is 24.4 Å². The van der Waals surface area contributed by atoms with Crippen molar-refractivity contribution in [3.63, 3.8) is 0 Å². The second-order valence-corrected chi connectivity index (χ2v) is 9.74. The highest BCUT2D eigenvalue weighted by atomic mass is 32.2. The third-order valence-corrected chi connectivity index (χ3v) is 7.27. The molecule has 0 radical (unpaired) electrons. The molecule has 0 bridgehead atoms. The van der Waals surface area contributed by atoms with E-state index in [-0.39, 0.29) is 22.9 Å². The fraction of sp³-hybridized carbons (Fsp3) is 0.160. The Labute approximate surface area is 186 Å². The number of carbonyl (C=O) groups is 1. The Morgan fingerprint density at radius 1 is 0.969 bits per heavy atom. The molecule has 3 aromatic carbocycles. The summed E-state index contributed by atoms with van der Waals surface area (Å²) in [7, 11) is -3.84. The number of hydrogen-bond acceptors (Lipinski definition) is 3. The number of rotatable bonds is 6. The van der Waals surface area contributed by atoms with Gasteiger partial charge in [-0.05, 0) is 43.2 Å². The molecule has 0 aliphatic heterocycles. The molecule has 5 nitrogen and oxygen atoms in total. The van der Waals surface area contributed by atoms with Crippen molar-refractivity contribution in [2.75, 3.05) is 5.32 Å². The Bertz CT molecular complexity index is 1420. The summed E-state index contributed by atoms with van der Waals surface area (Å²) in [4.78, 5) is 12.8. The lowest BCUT2D eigenvalue weighted by molar-refractivity contribution is -0.116. The van der Waals surface area contributed by atoms with Crippen LogP contribution in [-0.4, -0.2) is 18.9 Å². The first-order chi connectivity index (χ1) is 15.3. The van der Waals surface area contributed by atoms with Gasteiger partial charge < -0.3 is 9.88 Å². The highest BCUT2D eigenvalue weighted by Gasteiger charge is 2.23. The molecule has 0 aliphatic carbocycles. The lowest BCUT2D eigenvalue weighted by atomic mass is 10.1. The summed E-state index contributed by atoms with van der Waals surface area (Å²) >= 11 is 0. The molecule has 0 saturated carbocycles. The molecular formula is C25H23FN2O3S. The normalized spacial score (nSPS) is 11.6. The van der Waals surface area contributed by atoms with Crippen molar-refractivity contribution >= 4 is 32.3 Å². The molecule has 7 heteroatoms. The van der Waals surface area contributed by atoms with Crippen LogP contribution in [0.2, 0.25) is 0 Å². The molecule has 32 heavy (non-hydrogen) atoms. The fourth-order valence-corrected chi connectivity index (χ4v) is 5.32. The quantitative estimate of drug-likeness (QED) is 0.449. The van der Waals surface area contributed by atoms with Crippen LogP contribution in [0.25, 0.3) is 10.9 Å². The summed E-state index contributed by atoms with van der Waals surface area (Å²) in [5.41, 5.74) is 3.49. The first kappa shape index (κ1) is 21.8. The third-order valence-electron chi connectivity index (χ3n) is 5.58. The molecule has 0 spiro atoms.